The molecular weight excluding hydrogens is 426 g/mol. The minimum absolute atomic E-state index is 0.128. The van der Waals surface area contributed by atoms with Crippen LogP contribution in [0.25, 0.3) is 0 Å². The second-order valence-electron chi connectivity index (χ2n) is 9.43. The Morgan fingerprint density at radius 2 is 1.62 bits per heavy atom. The molecule has 0 bridgehead atoms. The number of rotatable bonds is 13. The van der Waals surface area contributed by atoms with Crippen LogP contribution in [0.2, 0.25) is 0 Å². The molecule has 1 aromatic carbocycles. The van der Waals surface area contributed by atoms with Crippen LogP contribution in [-0.2, 0) is 20.8 Å². The van der Waals surface area contributed by atoms with Gasteiger partial charge in [-0.25, -0.2) is 4.79 Å². The molecule has 0 radical (unpaired) electrons. The van der Waals surface area contributed by atoms with E-state index in [0.29, 0.717) is 25.8 Å². The first-order valence-electron chi connectivity index (χ1n) is 11.2. The molecule has 1 rings (SSSR count). The summed E-state index contributed by atoms with van der Waals surface area (Å²) in [5.74, 6) is -1.66. The van der Waals surface area contributed by atoms with E-state index < -0.39 is 24.0 Å². The van der Waals surface area contributed by atoms with Crippen molar-refractivity contribution in [3.63, 3.8) is 0 Å². The quantitative estimate of drug-likeness (QED) is 0.355. The second-order valence-corrected chi connectivity index (χ2v) is 11.5. The van der Waals surface area contributed by atoms with Gasteiger partial charge in [0.05, 0.1) is 5.25 Å². The van der Waals surface area contributed by atoms with E-state index in [1.54, 1.807) is 11.8 Å². The van der Waals surface area contributed by atoms with Crippen molar-refractivity contribution in [2.24, 2.45) is 11.7 Å². The molecule has 0 spiro atoms. The summed E-state index contributed by atoms with van der Waals surface area (Å²) in [4.78, 5) is 37.9. The molecule has 8 heteroatoms. The van der Waals surface area contributed by atoms with Crippen molar-refractivity contribution < 1.29 is 19.5 Å². The van der Waals surface area contributed by atoms with Crippen LogP contribution in [0, 0.1) is 5.92 Å². The second kappa shape index (κ2) is 13.5. The summed E-state index contributed by atoms with van der Waals surface area (Å²) in [6.07, 6.45) is 1.91. The van der Waals surface area contributed by atoms with Crippen molar-refractivity contribution in [1.29, 1.82) is 0 Å². The normalized spacial score (nSPS) is 14.5. The molecule has 7 nitrogen and oxygen atoms in total. The van der Waals surface area contributed by atoms with Gasteiger partial charge in [0.25, 0.3) is 0 Å². The number of hydrogen-bond acceptors (Lipinski definition) is 5. The molecule has 2 unspecified atom stereocenters. The maximum atomic E-state index is 13.1. The highest BCUT2D eigenvalue weighted by molar-refractivity contribution is 8.01. The van der Waals surface area contributed by atoms with Gasteiger partial charge >= 0.3 is 5.97 Å². The van der Waals surface area contributed by atoms with Crippen molar-refractivity contribution in [3.8, 4) is 0 Å². The highest BCUT2D eigenvalue weighted by atomic mass is 32.2. The molecule has 2 amide bonds. The number of amides is 2. The van der Waals surface area contributed by atoms with Crippen LogP contribution < -0.4 is 16.4 Å². The van der Waals surface area contributed by atoms with Crippen molar-refractivity contribution in [3.05, 3.63) is 35.9 Å². The first-order chi connectivity index (χ1) is 14.9. The monoisotopic (exact) mass is 465 g/mol. The minimum atomic E-state index is -1.11. The van der Waals surface area contributed by atoms with Gasteiger partial charge < -0.3 is 21.5 Å². The molecule has 0 aliphatic carbocycles. The third-order valence-corrected chi connectivity index (χ3v) is 6.14. The molecule has 0 heterocycles. The average molecular weight is 466 g/mol. The van der Waals surface area contributed by atoms with E-state index in [0.717, 1.165) is 5.56 Å². The maximum Gasteiger partial charge on any atom is 0.326 e. The van der Waals surface area contributed by atoms with Gasteiger partial charge in [0.1, 0.15) is 12.1 Å². The summed E-state index contributed by atoms with van der Waals surface area (Å²) in [5, 5.41) is 14.8. The topological polar surface area (TPSA) is 122 Å². The van der Waals surface area contributed by atoms with Crippen LogP contribution >= 0.6 is 11.8 Å². The van der Waals surface area contributed by atoms with E-state index in [4.69, 9.17) is 5.73 Å². The molecule has 3 atom stereocenters. The SMILES string of the molecule is CC(C)CC(NC(=O)C(CCCN)SC(C)(C)C)C(=O)N[C@@H](Cc1ccccc1)C(=O)O. The van der Waals surface area contributed by atoms with Gasteiger partial charge in [-0.05, 0) is 37.3 Å². The molecule has 32 heavy (non-hydrogen) atoms. The van der Waals surface area contributed by atoms with Gasteiger partial charge in [0.2, 0.25) is 11.8 Å². The summed E-state index contributed by atoms with van der Waals surface area (Å²) in [6, 6.07) is 7.26. The predicted molar refractivity (Wildman–Crippen MR) is 131 cm³/mol. The first-order valence-corrected chi connectivity index (χ1v) is 12.1. The maximum absolute atomic E-state index is 13.1. The van der Waals surface area contributed by atoms with Crippen LogP contribution in [-0.4, -0.2) is 51.5 Å². The molecular formula is C24H39N3O4S. The summed E-state index contributed by atoms with van der Waals surface area (Å²) >= 11 is 1.55. The van der Waals surface area contributed by atoms with Gasteiger partial charge in [-0.15, -0.1) is 11.8 Å². The minimum Gasteiger partial charge on any atom is -0.480 e. The van der Waals surface area contributed by atoms with E-state index in [1.165, 1.54) is 0 Å². The van der Waals surface area contributed by atoms with Gasteiger partial charge in [0.15, 0.2) is 0 Å². The van der Waals surface area contributed by atoms with Crippen molar-refractivity contribution in [2.45, 2.75) is 82.4 Å². The molecule has 0 saturated carbocycles. The lowest BCUT2D eigenvalue weighted by atomic mass is 10.0. The van der Waals surface area contributed by atoms with Crippen molar-refractivity contribution in [1.82, 2.24) is 10.6 Å². The molecule has 0 aliphatic heterocycles. The largest absolute Gasteiger partial charge is 0.480 e. The Morgan fingerprint density at radius 3 is 2.12 bits per heavy atom. The van der Waals surface area contributed by atoms with Crippen molar-refractivity contribution in [2.75, 3.05) is 6.54 Å². The van der Waals surface area contributed by atoms with Gasteiger partial charge in [0, 0.05) is 11.2 Å². The summed E-state index contributed by atoms with van der Waals surface area (Å²) in [5.41, 5.74) is 6.45. The number of hydrogen-bond donors (Lipinski definition) is 4. The lowest BCUT2D eigenvalue weighted by Crippen LogP contribution is -2.54. The van der Waals surface area contributed by atoms with E-state index in [1.807, 2.05) is 65.0 Å². The lowest BCUT2D eigenvalue weighted by molar-refractivity contribution is -0.142. The number of nitrogens with two attached hydrogens (primary N) is 1. The van der Waals surface area contributed by atoms with Crippen LogP contribution in [0.15, 0.2) is 30.3 Å². The van der Waals surface area contributed by atoms with Gasteiger partial charge in [-0.3, -0.25) is 9.59 Å². The van der Waals surface area contributed by atoms with Crippen molar-refractivity contribution >= 4 is 29.5 Å². The molecule has 0 aliphatic rings. The van der Waals surface area contributed by atoms with E-state index in [9.17, 15) is 19.5 Å². The average Bonchev–Trinajstić information content (AvgIpc) is 2.69. The zero-order valence-electron chi connectivity index (χ0n) is 19.9. The molecule has 5 N–H and O–H groups in total. The van der Waals surface area contributed by atoms with Gasteiger partial charge in [-0.2, -0.15) is 0 Å². The Hall–Kier alpha value is -2.06. The Bertz CT molecular complexity index is 735. The fraction of sp³-hybridized carbons (Fsp3) is 0.625. The fourth-order valence-electron chi connectivity index (χ4n) is 3.26. The van der Waals surface area contributed by atoms with Gasteiger partial charge in [-0.1, -0.05) is 65.0 Å². The van der Waals surface area contributed by atoms with Crippen LogP contribution in [0.3, 0.4) is 0 Å². The zero-order valence-corrected chi connectivity index (χ0v) is 20.7. The molecule has 1 aromatic rings. The molecule has 0 fully saturated rings. The Morgan fingerprint density at radius 1 is 1.03 bits per heavy atom. The predicted octanol–water partition coefficient (Wildman–Crippen LogP) is 2.97. The standard InChI is InChI=1S/C24H39N3O4S/c1-16(2)14-18(26-22(29)20(12-9-13-25)32-24(3,4)5)21(28)27-19(23(30)31)15-17-10-7-6-8-11-17/h6-8,10-11,16,18-20H,9,12-15,25H2,1-5H3,(H,26,29)(H,27,28)(H,30,31)/t18?,19-,20?/m0/s1. The lowest BCUT2D eigenvalue weighted by Gasteiger charge is -2.28. The number of carbonyl (C=O) groups excluding carboxylic acids is 2. The Kier molecular flexibility index (Phi) is 11.8. The number of carboxylic acid groups (broad SMARTS) is 1. The van der Waals surface area contributed by atoms with Crippen LogP contribution in [0.4, 0.5) is 0 Å². The van der Waals surface area contributed by atoms with Crippen LogP contribution in [0.1, 0.15) is 59.4 Å². The highest BCUT2D eigenvalue weighted by Gasteiger charge is 2.31. The molecule has 180 valence electrons. The van der Waals surface area contributed by atoms with E-state index >= 15 is 0 Å². The number of carbonyl (C=O) groups is 3. The molecule has 0 saturated heterocycles. The summed E-state index contributed by atoms with van der Waals surface area (Å²) in [6.45, 7) is 10.5. The van der Waals surface area contributed by atoms with E-state index in [-0.39, 0.29) is 28.2 Å². The van der Waals surface area contributed by atoms with E-state index in [2.05, 4.69) is 10.6 Å². The third kappa shape index (κ3) is 11.0. The summed E-state index contributed by atoms with van der Waals surface area (Å²) < 4.78 is -0.128. The molecule has 0 aromatic heterocycles. The smallest absolute Gasteiger partial charge is 0.326 e. The number of benzene rings is 1. The van der Waals surface area contributed by atoms with Crippen LogP contribution in [0.5, 0.6) is 0 Å². The summed E-state index contributed by atoms with van der Waals surface area (Å²) in [7, 11) is 0. The highest BCUT2D eigenvalue weighted by Crippen LogP contribution is 2.30. The number of carboxylic acids is 1. The zero-order chi connectivity index (χ0) is 24.3. The third-order valence-electron chi connectivity index (χ3n) is 4.70. The number of aliphatic carboxylic acids is 1. The first kappa shape index (κ1) is 28.0. The number of thioether (sulfide) groups is 1. The Balaban J connectivity index is 2.94. The number of nitrogens with one attached hydrogen (secondary N) is 2. The Labute approximate surface area is 196 Å². The fourth-order valence-corrected chi connectivity index (χ4v) is 4.58.